The molecule has 2 rings (SSSR count). The largest absolute Gasteiger partial charge is 0.454 e. The van der Waals surface area contributed by atoms with Gasteiger partial charge >= 0.3 is 5.43 Å². The lowest BCUT2D eigenvalue weighted by atomic mass is 10.2. The molecule has 14 heavy (non-hydrogen) atoms. The average Bonchev–Trinajstić information content (AvgIpc) is 2.62. The Labute approximate surface area is 85.3 Å². The molecule has 0 radical (unpaired) electrons. The second-order valence-electron chi connectivity index (χ2n) is 2.68. The van der Waals surface area contributed by atoms with Crippen molar-refractivity contribution in [2.75, 3.05) is 6.79 Å². The molecule has 1 aliphatic heterocycles. The molecule has 74 valence electrons. The Kier molecular flexibility index (Phi) is 2.45. The summed E-state index contributed by atoms with van der Waals surface area (Å²) >= 11 is 5.05. The van der Waals surface area contributed by atoms with Crippen LogP contribution < -0.4 is 9.47 Å². The molecule has 1 aromatic carbocycles. The van der Waals surface area contributed by atoms with E-state index in [1.54, 1.807) is 18.2 Å². The van der Waals surface area contributed by atoms with Crippen LogP contribution in [0.5, 0.6) is 11.5 Å². The number of hydrogen-bond acceptors (Lipinski definition) is 4. The van der Waals surface area contributed by atoms with E-state index in [9.17, 15) is 4.79 Å². The van der Waals surface area contributed by atoms with Crippen LogP contribution in [0.15, 0.2) is 18.2 Å². The zero-order valence-electron chi connectivity index (χ0n) is 7.16. The number of benzene rings is 1. The minimum absolute atomic E-state index is 0.0921. The Morgan fingerprint density at radius 1 is 1.50 bits per heavy atom. The van der Waals surface area contributed by atoms with Crippen LogP contribution in [0.1, 0.15) is 5.56 Å². The second-order valence-corrected chi connectivity index (χ2v) is 2.99. The lowest BCUT2D eigenvalue weighted by Crippen LogP contribution is -1.97. The normalized spacial score (nSPS) is 12.6. The SMILES string of the molecule is O=C(Cl)OCc1cccc2c1OCO2. The van der Waals surface area contributed by atoms with Crippen LogP contribution in [0.4, 0.5) is 4.79 Å². The number of rotatable bonds is 2. The summed E-state index contributed by atoms with van der Waals surface area (Å²) in [6, 6.07) is 5.37. The average molecular weight is 215 g/mol. The van der Waals surface area contributed by atoms with Crippen LogP contribution >= 0.6 is 11.6 Å². The van der Waals surface area contributed by atoms with Gasteiger partial charge in [0.15, 0.2) is 11.5 Å². The van der Waals surface area contributed by atoms with Gasteiger partial charge in [-0.1, -0.05) is 12.1 Å². The van der Waals surface area contributed by atoms with E-state index in [0.29, 0.717) is 11.5 Å². The summed E-state index contributed by atoms with van der Waals surface area (Å²) in [6.45, 7) is 0.288. The zero-order valence-corrected chi connectivity index (χ0v) is 7.91. The van der Waals surface area contributed by atoms with Gasteiger partial charge in [-0.3, -0.25) is 0 Å². The van der Waals surface area contributed by atoms with Crippen LogP contribution in [0, 0.1) is 0 Å². The molecule has 0 unspecified atom stereocenters. The van der Waals surface area contributed by atoms with Crippen LogP contribution in [0.25, 0.3) is 0 Å². The topological polar surface area (TPSA) is 44.8 Å². The van der Waals surface area contributed by atoms with Gasteiger partial charge in [0, 0.05) is 17.2 Å². The fourth-order valence-electron chi connectivity index (χ4n) is 1.24. The van der Waals surface area contributed by atoms with Crippen molar-refractivity contribution < 1.29 is 19.0 Å². The predicted molar refractivity (Wildman–Crippen MR) is 48.6 cm³/mol. The molecule has 0 saturated heterocycles. The van der Waals surface area contributed by atoms with Crippen molar-refractivity contribution in [3.8, 4) is 11.5 Å². The summed E-state index contributed by atoms with van der Waals surface area (Å²) in [4.78, 5) is 10.4. The molecule has 0 aromatic heterocycles. The van der Waals surface area contributed by atoms with Gasteiger partial charge in [-0.05, 0) is 6.07 Å². The van der Waals surface area contributed by atoms with Crippen LogP contribution in [0.2, 0.25) is 0 Å². The maximum absolute atomic E-state index is 10.4. The van der Waals surface area contributed by atoms with Gasteiger partial charge in [0.05, 0.1) is 0 Å². The van der Waals surface area contributed by atoms with E-state index in [1.165, 1.54) is 0 Å². The third-order valence-corrected chi connectivity index (χ3v) is 1.93. The highest BCUT2D eigenvalue weighted by Crippen LogP contribution is 2.35. The van der Waals surface area contributed by atoms with Crippen LogP contribution in [-0.4, -0.2) is 12.2 Å². The van der Waals surface area contributed by atoms with Crippen molar-refractivity contribution in [2.45, 2.75) is 6.61 Å². The van der Waals surface area contributed by atoms with E-state index in [-0.39, 0.29) is 13.4 Å². The van der Waals surface area contributed by atoms with Crippen molar-refractivity contribution in [1.29, 1.82) is 0 Å². The highest BCUT2D eigenvalue weighted by molar-refractivity contribution is 6.61. The molecule has 4 nitrogen and oxygen atoms in total. The molecule has 0 atom stereocenters. The summed E-state index contributed by atoms with van der Waals surface area (Å²) in [5, 5.41) is 0. The molecular formula is C9H7ClO4. The number of halogens is 1. The van der Waals surface area contributed by atoms with Gasteiger partial charge in [0.2, 0.25) is 6.79 Å². The summed E-state index contributed by atoms with van der Waals surface area (Å²) in [7, 11) is 0. The molecule has 0 aliphatic carbocycles. The van der Waals surface area contributed by atoms with Gasteiger partial charge in [0.25, 0.3) is 0 Å². The van der Waals surface area contributed by atoms with Gasteiger partial charge < -0.3 is 14.2 Å². The van der Waals surface area contributed by atoms with E-state index < -0.39 is 5.43 Å². The minimum Gasteiger partial charge on any atom is -0.454 e. The highest BCUT2D eigenvalue weighted by atomic mass is 35.5. The maximum Gasteiger partial charge on any atom is 0.404 e. The van der Waals surface area contributed by atoms with Crippen molar-refractivity contribution >= 4 is 17.0 Å². The zero-order chi connectivity index (χ0) is 9.97. The number of carbonyl (C=O) groups is 1. The molecule has 0 fully saturated rings. The van der Waals surface area contributed by atoms with E-state index in [0.717, 1.165) is 5.56 Å². The number of para-hydroxylation sites is 1. The van der Waals surface area contributed by atoms with E-state index in [1.807, 2.05) is 0 Å². The van der Waals surface area contributed by atoms with Crippen LogP contribution in [0.3, 0.4) is 0 Å². The molecule has 0 saturated carbocycles. The Balaban J connectivity index is 2.17. The predicted octanol–water partition coefficient (Wildman–Crippen LogP) is 2.29. The maximum atomic E-state index is 10.4. The van der Waals surface area contributed by atoms with Gasteiger partial charge in [-0.15, -0.1) is 0 Å². The molecule has 0 N–H and O–H groups in total. The van der Waals surface area contributed by atoms with Crippen molar-refractivity contribution in [1.82, 2.24) is 0 Å². The smallest absolute Gasteiger partial charge is 0.404 e. The fraction of sp³-hybridized carbons (Fsp3) is 0.222. The molecule has 5 heteroatoms. The summed E-state index contributed by atoms with van der Waals surface area (Å²) < 4.78 is 15.0. The number of ether oxygens (including phenoxy) is 3. The lowest BCUT2D eigenvalue weighted by Gasteiger charge is -2.04. The Hall–Kier alpha value is -1.42. The standard InChI is InChI=1S/C9H7ClO4/c10-9(11)12-4-6-2-1-3-7-8(6)14-5-13-7/h1-3H,4-5H2. The lowest BCUT2D eigenvalue weighted by molar-refractivity contribution is 0.159. The number of fused-ring (bicyclic) bond motifs is 1. The first-order chi connectivity index (χ1) is 6.77. The second kappa shape index (κ2) is 3.75. The van der Waals surface area contributed by atoms with Crippen LogP contribution in [-0.2, 0) is 11.3 Å². The Bertz CT molecular complexity index is 364. The molecule has 1 heterocycles. The number of hydrogen-bond donors (Lipinski definition) is 0. The molecule has 1 aliphatic rings. The minimum atomic E-state index is -0.832. The first-order valence-corrected chi connectivity index (χ1v) is 4.35. The van der Waals surface area contributed by atoms with Gasteiger partial charge in [0.1, 0.15) is 6.61 Å². The fourth-order valence-corrected chi connectivity index (χ4v) is 1.29. The first kappa shape index (κ1) is 9.15. The van der Waals surface area contributed by atoms with Gasteiger partial charge in [-0.2, -0.15) is 0 Å². The Morgan fingerprint density at radius 3 is 3.14 bits per heavy atom. The molecule has 0 amide bonds. The van der Waals surface area contributed by atoms with Crippen molar-refractivity contribution in [2.24, 2.45) is 0 Å². The monoisotopic (exact) mass is 214 g/mol. The first-order valence-electron chi connectivity index (χ1n) is 3.97. The van der Waals surface area contributed by atoms with Crippen molar-refractivity contribution in [3.63, 3.8) is 0 Å². The van der Waals surface area contributed by atoms with Crippen molar-refractivity contribution in [3.05, 3.63) is 23.8 Å². The highest BCUT2D eigenvalue weighted by Gasteiger charge is 2.17. The quantitative estimate of drug-likeness (QED) is 0.709. The van der Waals surface area contributed by atoms with E-state index in [4.69, 9.17) is 21.1 Å². The van der Waals surface area contributed by atoms with Gasteiger partial charge in [-0.25, -0.2) is 4.79 Å². The summed E-state index contributed by atoms with van der Waals surface area (Å²) in [6.07, 6.45) is 0. The molecule has 1 aromatic rings. The van der Waals surface area contributed by atoms with E-state index in [2.05, 4.69) is 4.74 Å². The third-order valence-electron chi connectivity index (χ3n) is 1.82. The molecule has 0 spiro atoms. The summed E-state index contributed by atoms with van der Waals surface area (Å²) in [5.74, 6) is 1.28. The number of carbonyl (C=O) groups excluding carboxylic acids is 1. The third kappa shape index (κ3) is 1.75. The molecular weight excluding hydrogens is 208 g/mol. The Morgan fingerprint density at radius 2 is 2.36 bits per heavy atom. The van der Waals surface area contributed by atoms with E-state index >= 15 is 0 Å². The summed E-state index contributed by atoms with van der Waals surface area (Å²) in [5.41, 5.74) is -0.0875. The molecule has 0 bridgehead atoms.